The number of pyridine rings is 1. The van der Waals surface area contributed by atoms with E-state index in [4.69, 9.17) is 10.9 Å². The number of nitrogens with two attached hydrogens (primary N) is 1. The lowest BCUT2D eigenvalue weighted by molar-refractivity contribution is 0.0498. The van der Waals surface area contributed by atoms with Crippen LogP contribution in [0.15, 0.2) is 23.5 Å². The van der Waals surface area contributed by atoms with Crippen LogP contribution < -0.4 is 11.1 Å². The van der Waals surface area contributed by atoms with Gasteiger partial charge in [0.25, 0.3) is 0 Å². The van der Waals surface area contributed by atoms with E-state index in [1.807, 2.05) is 13.0 Å². The van der Waals surface area contributed by atoms with Crippen LogP contribution in [0, 0.1) is 0 Å². The second-order valence-corrected chi connectivity index (χ2v) is 4.85. The molecule has 0 bridgehead atoms. The highest BCUT2D eigenvalue weighted by Crippen LogP contribution is 2.11. The molecule has 1 atom stereocenters. The Morgan fingerprint density at radius 3 is 2.95 bits per heavy atom. The molecular weight excluding hydrogens is 244 g/mol. The molecule has 0 spiro atoms. The molecule has 0 aromatic carbocycles. The molecule has 6 nitrogen and oxygen atoms in total. The lowest BCUT2D eigenvalue weighted by Crippen LogP contribution is -2.37. The first-order valence-electron chi connectivity index (χ1n) is 6.35. The van der Waals surface area contributed by atoms with E-state index in [9.17, 15) is 5.11 Å². The minimum absolute atomic E-state index is 0.0160. The Hall–Kier alpha value is -1.66. The van der Waals surface area contributed by atoms with Crippen molar-refractivity contribution in [2.75, 3.05) is 6.54 Å². The number of nitrogens with one attached hydrogen (secondary N) is 1. The van der Waals surface area contributed by atoms with Crippen molar-refractivity contribution in [1.82, 2.24) is 10.3 Å². The number of aliphatic hydroxyl groups is 1. The third-order valence-corrected chi connectivity index (χ3v) is 2.85. The quantitative estimate of drug-likeness (QED) is 0.253. The van der Waals surface area contributed by atoms with E-state index in [2.05, 4.69) is 15.5 Å². The Morgan fingerprint density at radius 2 is 2.32 bits per heavy atom. The SMILES string of the molecule is CCCC(C)(O)CNCc1cccnc1/C(N)=N/O. The number of rotatable bonds is 7. The van der Waals surface area contributed by atoms with Crippen molar-refractivity contribution in [1.29, 1.82) is 0 Å². The lowest BCUT2D eigenvalue weighted by atomic mass is 10.0. The Morgan fingerprint density at radius 1 is 1.58 bits per heavy atom. The smallest absolute Gasteiger partial charge is 0.189 e. The number of amidine groups is 1. The average Bonchev–Trinajstić information content (AvgIpc) is 2.38. The maximum atomic E-state index is 10.1. The van der Waals surface area contributed by atoms with Crippen molar-refractivity contribution in [3.63, 3.8) is 0 Å². The molecule has 1 rings (SSSR count). The second kappa shape index (κ2) is 7.06. The highest BCUT2D eigenvalue weighted by Gasteiger charge is 2.18. The molecule has 0 saturated heterocycles. The fraction of sp³-hybridized carbons (Fsp3) is 0.538. The van der Waals surface area contributed by atoms with E-state index in [1.165, 1.54) is 0 Å². The first kappa shape index (κ1) is 15.4. The standard InChI is InChI=1S/C13H22N4O2/c1-3-6-13(2,18)9-15-8-10-5-4-7-16-11(10)12(14)17-19/h4-5,7,15,18-19H,3,6,8-9H2,1-2H3,(H2,14,17). The van der Waals surface area contributed by atoms with Crippen LogP contribution in [0.3, 0.4) is 0 Å². The third-order valence-electron chi connectivity index (χ3n) is 2.85. The summed E-state index contributed by atoms with van der Waals surface area (Å²) in [5.74, 6) is -0.0160. The first-order valence-corrected chi connectivity index (χ1v) is 6.35. The molecule has 19 heavy (non-hydrogen) atoms. The van der Waals surface area contributed by atoms with E-state index < -0.39 is 5.60 Å². The van der Waals surface area contributed by atoms with Crippen LogP contribution in [-0.4, -0.2) is 33.3 Å². The molecule has 6 heteroatoms. The summed E-state index contributed by atoms with van der Waals surface area (Å²) in [5.41, 5.74) is 6.11. The number of hydrogen-bond acceptors (Lipinski definition) is 5. The predicted octanol–water partition coefficient (Wildman–Crippen LogP) is 0.817. The summed E-state index contributed by atoms with van der Waals surface area (Å²) in [5, 5.41) is 24.9. The summed E-state index contributed by atoms with van der Waals surface area (Å²) in [6.45, 7) is 4.81. The van der Waals surface area contributed by atoms with Crippen LogP contribution in [0.4, 0.5) is 0 Å². The van der Waals surface area contributed by atoms with Crippen LogP contribution in [0.25, 0.3) is 0 Å². The Kier molecular flexibility index (Phi) is 5.72. The molecule has 0 radical (unpaired) electrons. The molecule has 5 N–H and O–H groups in total. The number of aromatic nitrogens is 1. The van der Waals surface area contributed by atoms with Crippen molar-refractivity contribution in [3.8, 4) is 0 Å². The van der Waals surface area contributed by atoms with Gasteiger partial charge in [-0.1, -0.05) is 24.6 Å². The number of oxime groups is 1. The number of hydrogen-bond donors (Lipinski definition) is 4. The van der Waals surface area contributed by atoms with Gasteiger partial charge in [0.1, 0.15) is 5.69 Å². The first-order chi connectivity index (χ1) is 9.00. The van der Waals surface area contributed by atoms with Gasteiger partial charge in [-0.2, -0.15) is 0 Å². The fourth-order valence-corrected chi connectivity index (χ4v) is 1.95. The van der Waals surface area contributed by atoms with Gasteiger partial charge in [-0.3, -0.25) is 4.98 Å². The van der Waals surface area contributed by atoms with E-state index in [0.717, 1.165) is 18.4 Å². The Labute approximate surface area is 113 Å². The monoisotopic (exact) mass is 266 g/mol. The summed E-state index contributed by atoms with van der Waals surface area (Å²) in [7, 11) is 0. The van der Waals surface area contributed by atoms with Crippen molar-refractivity contribution in [2.45, 2.75) is 38.8 Å². The molecule has 0 aliphatic rings. The van der Waals surface area contributed by atoms with Crippen LogP contribution in [0.5, 0.6) is 0 Å². The van der Waals surface area contributed by atoms with Crippen molar-refractivity contribution >= 4 is 5.84 Å². The largest absolute Gasteiger partial charge is 0.409 e. The summed E-state index contributed by atoms with van der Waals surface area (Å²) < 4.78 is 0. The Balaban J connectivity index is 2.64. The fourth-order valence-electron chi connectivity index (χ4n) is 1.95. The molecule has 0 aliphatic carbocycles. The van der Waals surface area contributed by atoms with E-state index in [1.54, 1.807) is 19.2 Å². The van der Waals surface area contributed by atoms with Gasteiger partial charge < -0.3 is 21.4 Å². The van der Waals surface area contributed by atoms with Gasteiger partial charge in [0, 0.05) is 19.3 Å². The van der Waals surface area contributed by atoms with E-state index in [0.29, 0.717) is 18.8 Å². The molecule has 1 aromatic rings. The van der Waals surface area contributed by atoms with Gasteiger partial charge in [-0.15, -0.1) is 0 Å². The molecule has 0 saturated carbocycles. The van der Waals surface area contributed by atoms with E-state index in [-0.39, 0.29) is 5.84 Å². The molecule has 1 aromatic heterocycles. The van der Waals surface area contributed by atoms with E-state index >= 15 is 0 Å². The highest BCUT2D eigenvalue weighted by molar-refractivity contribution is 5.96. The van der Waals surface area contributed by atoms with Crippen LogP contribution >= 0.6 is 0 Å². The zero-order chi connectivity index (χ0) is 14.3. The van der Waals surface area contributed by atoms with Crippen molar-refractivity contribution in [2.24, 2.45) is 10.9 Å². The minimum Gasteiger partial charge on any atom is -0.409 e. The molecule has 1 unspecified atom stereocenters. The zero-order valence-electron chi connectivity index (χ0n) is 11.4. The van der Waals surface area contributed by atoms with Crippen LogP contribution in [-0.2, 0) is 6.54 Å². The zero-order valence-corrected chi connectivity index (χ0v) is 11.4. The normalized spacial score (nSPS) is 15.2. The van der Waals surface area contributed by atoms with Gasteiger partial charge in [-0.05, 0) is 25.0 Å². The highest BCUT2D eigenvalue weighted by atomic mass is 16.4. The van der Waals surface area contributed by atoms with Crippen LogP contribution in [0.2, 0.25) is 0 Å². The molecule has 0 aliphatic heterocycles. The molecule has 0 fully saturated rings. The maximum absolute atomic E-state index is 10.1. The third kappa shape index (κ3) is 4.84. The summed E-state index contributed by atoms with van der Waals surface area (Å²) in [4.78, 5) is 4.08. The van der Waals surface area contributed by atoms with Crippen molar-refractivity contribution < 1.29 is 10.3 Å². The van der Waals surface area contributed by atoms with Crippen LogP contribution in [0.1, 0.15) is 37.9 Å². The summed E-state index contributed by atoms with van der Waals surface area (Å²) in [6.07, 6.45) is 3.25. The second-order valence-electron chi connectivity index (χ2n) is 4.85. The summed E-state index contributed by atoms with van der Waals surface area (Å²) >= 11 is 0. The average molecular weight is 266 g/mol. The molecule has 106 valence electrons. The van der Waals surface area contributed by atoms with Gasteiger partial charge in [-0.25, -0.2) is 0 Å². The predicted molar refractivity (Wildman–Crippen MR) is 74.0 cm³/mol. The summed E-state index contributed by atoms with van der Waals surface area (Å²) in [6, 6.07) is 3.64. The maximum Gasteiger partial charge on any atom is 0.189 e. The molecule has 1 heterocycles. The van der Waals surface area contributed by atoms with Gasteiger partial charge in [0.05, 0.1) is 5.60 Å². The lowest BCUT2D eigenvalue weighted by Gasteiger charge is -2.23. The minimum atomic E-state index is -0.728. The Bertz CT molecular complexity index is 432. The van der Waals surface area contributed by atoms with Gasteiger partial charge in [0.2, 0.25) is 0 Å². The van der Waals surface area contributed by atoms with Gasteiger partial charge >= 0.3 is 0 Å². The molecule has 0 amide bonds. The van der Waals surface area contributed by atoms with Gasteiger partial charge in [0.15, 0.2) is 5.84 Å². The van der Waals surface area contributed by atoms with Crippen molar-refractivity contribution in [3.05, 3.63) is 29.6 Å². The topological polar surface area (TPSA) is 104 Å². The molecular formula is C13H22N4O2. The number of nitrogens with zero attached hydrogens (tertiary/aromatic N) is 2.